The Morgan fingerprint density at radius 2 is 1.93 bits per heavy atom. The van der Waals surface area contributed by atoms with Gasteiger partial charge < -0.3 is 5.32 Å². The molecule has 0 aliphatic heterocycles. The lowest BCUT2D eigenvalue weighted by Gasteiger charge is -2.05. The average Bonchev–Trinajstić information content (AvgIpc) is 3.11. The Hall–Kier alpha value is -3.56. The number of amides is 1. The molecule has 0 spiro atoms. The Balaban J connectivity index is 1.52. The molecule has 2 aromatic heterocycles. The van der Waals surface area contributed by atoms with Gasteiger partial charge in [0.05, 0.1) is 15.8 Å². The van der Waals surface area contributed by atoms with E-state index in [-0.39, 0.29) is 11.6 Å². The van der Waals surface area contributed by atoms with E-state index in [9.17, 15) is 4.79 Å². The van der Waals surface area contributed by atoms with Crippen LogP contribution in [0.25, 0.3) is 20.8 Å². The number of aromatic nitrogens is 2. The van der Waals surface area contributed by atoms with E-state index in [4.69, 9.17) is 5.26 Å². The number of fused-ring (bicyclic) bond motifs is 1. The van der Waals surface area contributed by atoms with Gasteiger partial charge in [-0.3, -0.25) is 4.79 Å². The smallest absolute Gasteiger partial charge is 0.257 e. The van der Waals surface area contributed by atoms with Gasteiger partial charge in [-0.1, -0.05) is 6.07 Å². The number of thiazole rings is 1. The zero-order chi connectivity index (χ0) is 18.8. The molecule has 5 nitrogen and oxygen atoms in total. The number of hydrogen-bond donors (Lipinski definition) is 1. The molecule has 1 amide bonds. The minimum absolute atomic E-state index is 0.268. The molecule has 130 valence electrons. The van der Waals surface area contributed by atoms with Gasteiger partial charge >= 0.3 is 0 Å². The number of anilines is 1. The third-order valence-corrected chi connectivity index (χ3v) is 5.14. The molecule has 0 aliphatic rings. The predicted octanol–water partition coefficient (Wildman–Crippen LogP) is 4.79. The standard InChI is InChI=1S/C21H14N4OS/c1-13-2-9-18-19(10-13)27-21(25-18)14-3-6-16(7-4-14)24-20(26)15-5-8-17(11-22)23-12-15/h2-10,12H,1H3,(H,24,26). The highest BCUT2D eigenvalue weighted by molar-refractivity contribution is 7.21. The lowest BCUT2D eigenvalue weighted by Crippen LogP contribution is -2.12. The van der Waals surface area contributed by atoms with Crippen molar-refractivity contribution < 1.29 is 4.79 Å². The number of hydrogen-bond acceptors (Lipinski definition) is 5. The summed E-state index contributed by atoms with van der Waals surface area (Å²) in [6.45, 7) is 2.07. The van der Waals surface area contributed by atoms with Crippen LogP contribution in [-0.2, 0) is 0 Å². The van der Waals surface area contributed by atoms with Crippen molar-refractivity contribution in [3.63, 3.8) is 0 Å². The van der Waals surface area contributed by atoms with Gasteiger partial charge in [0.15, 0.2) is 0 Å². The summed E-state index contributed by atoms with van der Waals surface area (Å²) in [6.07, 6.45) is 1.39. The van der Waals surface area contributed by atoms with Gasteiger partial charge in [-0.05, 0) is 61.0 Å². The van der Waals surface area contributed by atoms with Crippen molar-refractivity contribution in [2.45, 2.75) is 6.92 Å². The molecule has 1 N–H and O–H groups in total. The normalized spacial score (nSPS) is 10.5. The van der Waals surface area contributed by atoms with Crippen molar-refractivity contribution in [3.05, 3.63) is 77.6 Å². The monoisotopic (exact) mass is 370 g/mol. The number of aryl methyl sites for hydroxylation is 1. The SMILES string of the molecule is Cc1ccc2nc(-c3ccc(NC(=O)c4ccc(C#N)nc4)cc3)sc2c1. The summed E-state index contributed by atoms with van der Waals surface area (Å²) in [5.41, 5.74) is 4.58. The number of nitrogens with one attached hydrogen (secondary N) is 1. The average molecular weight is 370 g/mol. The summed E-state index contributed by atoms with van der Waals surface area (Å²) < 4.78 is 1.16. The molecule has 0 saturated carbocycles. The van der Waals surface area contributed by atoms with Crippen LogP contribution in [0, 0.1) is 18.3 Å². The van der Waals surface area contributed by atoms with Gasteiger partial charge in [-0.2, -0.15) is 5.26 Å². The van der Waals surface area contributed by atoms with Crippen LogP contribution in [0.1, 0.15) is 21.6 Å². The maximum Gasteiger partial charge on any atom is 0.257 e. The Kier molecular flexibility index (Phi) is 4.37. The first-order valence-electron chi connectivity index (χ1n) is 8.27. The predicted molar refractivity (Wildman–Crippen MR) is 107 cm³/mol. The van der Waals surface area contributed by atoms with E-state index in [1.54, 1.807) is 17.4 Å². The molecular weight excluding hydrogens is 356 g/mol. The van der Waals surface area contributed by atoms with E-state index in [1.165, 1.54) is 17.8 Å². The topological polar surface area (TPSA) is 78.7 Å². The second kappa shape index (κ2) is 6.98. The van der Waals surface area contributed by atoms with Crippen LogP contribution >= 0.6 is 11.3 Å². The molecule has 0 radical (unpaired) electrons. The lowest BCUT2D eigenvalue weighted by molar-refractivity contribution is 0.102. The molecule has 0 atom stereocenters. The van der Waals surface area contributed by atoms with E-state index >= 15 is 0 Å². The number of benzene rings is 2. The lowest BCUT2D eigenvalue weighted by atomic mass is 10.2. The Morgan fingerprint density at radius 1 is 1.11 bits per heavy atom. The van der Waals surface area contributed by atoms with Crippen molar-refractivity contribution in [1.29, 1.82) is 5.26 Å². The molecule has 2 heterocycles. The van der Waals surface area contributed by atoms with Gasteiger partial charge in [-0.25, -0.2) is 9.97 Å². The molecule has 4 rings (SSSR count). The quantitative estimate of drug-likeness (QED) is 0.562. The number of nitrogens with zero attached hydrogens (tertiary/aromatic N) is 3. The first-order valence-corrected chi connectivity index (χ1v) is 9.09. The first-order chi connectivity index (χ1) is 13.1. The summed E-state index contributed by atoms with van der Waals surface area (Å²) in [5, 5.41) is 12.5. The fraction of sp³-hybridized carbons (Fsp3) is 0.0476. The molecule has 0 bridgehead atoms. The van der Waals surface area contributed by atoms with Gasteiger partial charge in [0.25, 0.3) is 5.91 Å². The minimum atomic E-state index is -0.268. The second-order valence-electron chi connectivity index (χ2n) is 6.07. The molecule has 0 unspecified atom stereocenters. The molecule has 2 aromatic carbocycles. The van der Waals surface area contributed by atoms with Crippen LogP contribution in [0.3, 0.4) is 0 Å². The number of rotatable bonds is 3. The summed E-state index contributed by atoms with van der Waals surface area (Å²) in [5.74, 6) is -0.268. The highest BCUT2D eigenvalue weighted by Gasteiger charge is 2.09. The van der Waals surface area contributed by atoms with Crippen LogP contribution in [0.4, 0.5) is 5.69 Å². The van der Waals surface area contributed by atoms with Crippen molar-refractivity contribution in [3.8, 4) is 16.6 Å². The van der Waals surface area contributed by atoms with Crippen molar-refractivity contribution in [1.82, 2.24) is 9.97 Å². The summed E-state index contributed by atoms with van der Waals surface area (Å²) in [4.78, 5) is 20.9. The van der Waals surface area contributed by atoms with Crippen LogP contribution in [0.2, 0.25) is 0 Å². The molecule has 0 aliphatic carbocycles. The molecule has 27 heavy (non-hydrogen) atoms. The Bertz CT molecular complexity index is 1170. The van der Waals surface area contributed by atoms with Crippen LogP contribution in [0.15, 0.2) is 60.8 Å². The number of carbonyl (C=O) groups excluding carboxylic acids is 1. The van der Waals surface area contributed by atoms with Crippen molar-refractivity contribution in [2.75, 3.05) is 5.32 Å². The van der Waals surface area contributed by atoms with E-state index in [1.807, 2.05) is 36.4 Å². The third kappa shape index (κ3) is 3.54. The fourth-order valence-corrected chi connectivity index (χ4v) is 3.72. The summed E-state index contributed by atoms with van der Waals surface area (Å²) in [7, 11) is 0. The number of pyridine rings is 1. The largest absolute Gasteiger partial charge is 0.322 e. The van der Waals surface area contributed by atoms with E-state index < -0.39 is 0 Å². The van der Waals surface area contributed by atoms with Crippen LogP contribution < -0.4 is 5.32 Å². The van der Waals surface area contributed by atoms with Crippen molar-refractivity contribution in [2.24, 2.45) is 0 Å². The van der Waals surface area contributed by atoms with Crippen LogP contribution in [-0.4, -0.2) is 15.9 Å². The van der Waals surface area contributed by atoms with E-state index in [0.29, 0.717) is 11.3 Å². The molecule has 6 heteroatoms. The van der Waals surface area contributed by atoms with Gasteiger partial charge in [0.1, 0.15) is 16.8 Å². The Morgan fingerprint density at radius 3 is 2.63 bits per heavy atom. The third-order valence-electron chi connectivity index (χ3n) is 4.07. The summed E-state index contributed by atoms with van der Waals surface area (Å²) in [6, 6.07) is 18.8. The van der Waals surface area contributed by atoms with Crippen LogP contribution in [0.5, 0.6) is 0 Å². The number of nitriles is 1. The highest BCUT2D eigenvalue weighted by Crippen LogP contribution is 2.31. The molecule has 0 fully saturated rings. The van der Waals surface area contributed by atoms with E-state index in [0.717, 1.165) is 20.8 Å². The molecule has 4 aromatic rings. The fourth-order valence-electron chi connectivity index (χ4n) is 2.65. The minimum Gasteiger partial charge on any atom is -0.322 e. The maximum atomic E-state index is 12.3. The van der Waals surface area contributed by atoms with Gasteiger partial charge in [0.2, 0.25) is 0 Å². The zero-order valence-corrected chi connectivity index (χ0v) is 15.2. The highest BCUT2D eigenvalue weighted by atomic mass is 32.1. The Labute approximate surface area is 160 Å². The number of carbonyl (C=O) groups is 1. The van der Waals surface area contributed by atoms with Gasteiger partial charge in [-0.15, -0.1) is 11.3 Å². The molecule has 0 saturated heterocycles. The maximum absolute atomic E-state index is 12.3. The van der Waals surface area contributed by atoms with Crippen molar-refractivity contribution >= 4 is 33.1 Å². The second-order valence-corrected chi connectivity index (χ2v) is 7.10. The van der Waals surface area contributed by atoms with E-state index in [2.05, 4.69) is 34.3 Å². The molecular formula is C21H14N4OS. The zero-order valence-electron chi connectivity index (χ0n) is 14.4. The van der Waals surface area contributed by atoms with Gasteiger partial charge in [0, 0.05) is 17.4 Å². The summed E-state index contributed by atoms with van der Waals surface area (Å²) >= 11 is 1.65. The first kappa shape index (κ1) is 16.9.